The minimum atomic E-state index is -4.38. The predicted molar refractivity (Wildman–Crippen MR) is 122 cm³/mol. The first-order chi connectivity index (χ1) is 16.3. The number of hydrogen-bond donors (Lipinski definition) is 0. The van der Waals surface area contributed by atoms with Gasteiger partial charge in [0.05, 0.1) is 5.56 Å². The Morgan fingerprint density at radius 3 is 2.47 bits per heavy atom. The molecule has 0 unspecified atom stereocenters. The van der Waals surface area contributed by atoms with Crippen LogP contribution in [0.2, 0.25) is 0 Å². The van der Waals surface area contributed by atoms with Gasteiger partial charge in [-0.1, -0.05) is 17.4 Å². The van der Waals surface area contributed by atoms with Gasteiger partial charge in [0, 0.05) is 51.4 Å². The van der Waals surface area contributed by atoms with Gasteiger partial charge in [-0.15, -0.1) is 10.2 Å². The predicted octanol–water partition coefficient (Wildman–Crippen LogP) is 3.00. The Kier molecular flexibility index (Phi) is 6.09. The van der Waals surface area contributed by atoms with Crippen LogP contribution in [0.25, 0.3) is 0 Å². The van der Waals surface area contributed by atoms with Gasteiger partial charge < -0.3 is 14.7 Å². The summed E-state index contributed by atoms with van der Waals surface area (Å²) in [5.74, 6) is 0.0607. The molecule has 0 saturated carbocycles. The summed E-state index contributed by atoms with van der Waals surface area (Å²) in [5.41, 5.74) is -0.153. The molecular weight excluding hydrogens is 469 g/mol. The lowest BCUT2D eigenvalue weighted by molar-refractivity contribution is -0.137. The molecule has 3 aliphatic heterocycles. The number of piperazine rings is 1. The van der Waals surface area contributed by atoms with E-state index in [4.69, 9.17) is 0 Å². The molecule has 34 heavy (non-hydrogen) atoms. The number of carbonyl (C=O) groups is 2. The Bertz CT molecular complexity index is 1070. The highest BCUT2D eigenvalue weighted by atomic mass is 32.1. The van der Waals surface area contributed by atoms with E-state index >= 15 is 0 Å². The Balaban J connectivity index is 1.22. The number of aromatic nitrogens is 2. The number of nitrogens with zero attached hydrogens (tertiary/aromatic N) is 6. The number of halogens is 3. The minimum Gasteiger partial charge on any atom is -0.368 e. The molecule has 0 aliphatic carbocycles. The minimum absolute atomic E-state index is 0.00944. The van der Waals surface area contributed by atoms with Crippen LogP contribution in [0.4, 0.5) is 29.1 Å². The van der Waals surface area contributed by atoms with Crippen LogP contribution in [0.15, 0.2) is 24.3 Å². The van der Waals surface area contributed by atoms with Crippen molar-refractivity contribution in [2.24, 2.45) is 0 Å². The molecule has 1 aromatic heterocycles. The number of hydrogen-bond acceptors (Lipinski definition) is 7. The lowest BCUT2D eigenvalue weighted by Crippen LogP contribution is -2.53. The van der Waals surface area contributed by atoms with Crippen LogP contribution < -0.4 is 14.7 Å². The molecule has 0 bridgehead atoms. The molecule has 1 aromatic carbocycles. The second-order valence-corrected chi connectivity index (χ2v) is 9.66. The summed E-state index contributed by atoms with van der Waals surface area (Å²) in [4.78, 5) is 32.7. The number of benzene rings is 1. The van der Waals surface area contributed by atoms with Crippen molar-refractivity contribution < 1.29 is 22.8 Å². The van der Waals surface area contributed by atoms with Crippen molar-refractivity contribution in [3.63, 3.8) is 0 Å². The van der Waals surface area contributed by atoms with Crippen molar-refractivity contribution in [2.45, 2.75) is 37.9 Å². The highest BCUT2D eigenvalue weighted by Crippen LogP contribution is 2.35. The average molecular weight is 495 g/mol. The molecule has 0 radical (unpaired) electrons. The molecule has 0 spiro atoms. The summed E-state index contributed by atoms with van der Waals surface area (Å²) in [6.07, 6.45) is -1.48. The fourth-order valence-corrected chi connectivity index (χ4v) is 5.78. The Hall–Kier alpha value is -2.89. The van der Waals surface area contributed by atoms with E-state index in [1.807, 2.05) is 9.80 Å². The van der Waals surface area contributed by atoms with Crippen molar-refractivity contribution in [2.75, 3.05) is 54.0 Å². The van der Waals surface area contributed by atoms with E-state index in [1.165, 1.54) is 17.4 Å². The maximum Gasteiger partial charge on any atom is 0.416 e. The van der Waals surface area contributed by atoms with Crippen LogP contribution in [0.5, 0.6) is 0 Å². The molecule has 182 valence electrons. The van der Waals surface area contributed by atoms with E-state index in [-0.39, 0.29) is 17.9 Å². The van der Waals surface area contributed by atoms with Crippen LogP contribution in [-0.2, 0) is 15.8 Å². The summed E-state index contributed by atoms with van der Waals surface area (Å²) in [5, 5.41) is 9.67. The summed E-state index contributed by atoms with van der Waals surface area (Å²) in [7, 11) is 0. The summed E-state index contributed by atoms with van der Waals surface area (Å²) < 4.78 is 39.2. The summed E-state index contributed by atoms with van der Waals surface area (Å²) in [6.45, 7) is 3.18. The van der Waals surface area contributed by atoms with Gasteiger partial charge in [0.15, 0.2) is 0 Å². The number of alkyl halides is 3. The third kappa shape index (κ3) is 4.42. The molecule has 2 amide bonds. The van der Waals surface area contributed by atoms with Crippen molar-refractivity contribution in [1.82, 2.24) is 15.1 Å². The zero-order valence-corrected chi connectivity index (χ0v) is 19.3. The van der Waals surface area contributed by atoms with Gasteiger partial charge in [-0.25, -0.2) is 0 Å². The lowest BCUT2D eigenvalue weighted by atomic mass is 10.1. The number of carbonyl (C=O) groups excluding carboxylic acids is 2. The standard InChI is InChI=1S/C22H25F3N6O2S/c23-22(24,25)15-4-1-5-16(14-15)28-10-12-29(13-11-28)19(33)17-6-2-8-30(17)20-26-27-21(34-20)31-9-3-7-18(31)32/h1,4-5,14,17H,2-3,6-13H2/t17-/m0/s1. The number of anilines is 3. The second kappa shape index (κ2) is 9.05. The molecule has 3 aliphatic rings. The van der Waals surface area contributed by atoms with Gasteiger partial charge in [-0.05, 0) is 37.5 Å². The fraction of sp³-hybridized carbons (Fsp3) is 0.545. The third-order valence-corrected chi connectivity index (χ3v) is 7.60. The average Bonchev–Trinajstić information content (AvgIpc) is 3.58. The molecule has 3 fully saturated rings. The first-order valence-electron chi connectivity index (χ1n) is 11.4. The van der Waals surface area contributed by atoms with Crippen molar-refractivity contribution in [1.29, 1.82) is 0 Å². The molecular formula is C22H25F3N6O2S. The van der Waals surface area contributed by atoms with Crippen LogP contribution in [-0.4, -0.2) is 72.2 Å². The van der Waals surface area contributed by atoms with E-state index in [0.717, 1.165) is 25.0 Å². The van der Waals surface area contributed by atoms with Gasteiger partial charge >= 0.3 is 6.18 Å². The Labute approximate surface area is 198 Å². The Morgan fingerprint density at radius 1 is 1.00 bits per heavy atom. The zero-order chi connectivity index (χ0) is 23.9. The largest absolute Gasteiger partial charge is 0.416 e. The molecule has 2 aromatic rings. The quantitative estimate of drug-likeness (QED) is 0.651. The third-order valence-electron chi connectivity index (χ3n) is 6.62. The van der Waals surface area contributed by atoms with Crippen LogP contribution >= 0.6 is 11.3 Å². The molecule has 3 saturated heterocycles. The van der Waals surface area contributed by atoms with E-state index in [0.29, 0.717) is 68.1 Å². The molecule has 5 rings (SSSR count). The van der Waals surface area contributed by atoms with E-state index < -0.39 is 11.7 Å². The molecule has 0 N–H and O–H groups in total. The number of amides is 2. The monoisotopic (exact) mass is 494 g/mol. The highest BCUT2D eigenvalue weighted by Gasteiger charge is 2.37. The van der Waals surface area contributed by atoms with Gasteiger partial charge in [-0.2, -0.15) is 13.2 Å². The summed E-state index contributed by atoms with van der Waals surface area (Å²) >= 11 is 1.34. The fourth-order valence-electron chi connectivity index (χ4n) is 4.81. The van der Waals surface area contributed by atoms with Crippen molar-refractivity contribution in [3.8, 4) is 0 Å². The van der Waals surface area contributed by atoms with Crippen molar-refractivity contribution >= 4 is 39.1 Å². The van der Waals surface area contributed by atoms with Gasteiger partial charge in [0.25, 0.3) is 0 Å². The maximum absolute atomic E-state index is 13.3. The molecule has 8 nitrogen and oxygen atoms in total. The normalized spacial score (nSPS) is 21.6. The molecule has 1 atom stereocenters. The van der Waals surface area contributed by atoms with Gasteiger partial charge in [0.2, 0.25) is 22.1 Å². The molecule has 4 heterocycles. The first-order valence-corrected chi connectivity index (χ1v) is 12.2. The van der Waals surface area contributed by atoms with Crippen molar-refractivity contribution in [3.05, 3.63) is 29.8 Å². The molecule has 12 heteroatoms. The van der Waals surface area contributed by atoms with E-state index in [2.05, 4.69) is 10.2 Å². The van der Waals surface area contributed by atoms with Gasteiger partial charge in [-0.3, -0.25) is 14.5 Å². The van der Waals surface area contributed by atoms with Crippen LogP contribution in [0, 0.1) is 0 Å². The lowest BCUT2D eigenvalue weighted by Gasteiger charge is -2.38. The van der Waals surface area contributed by atoms with E-state index in [1.54, 1.807) is 15.9 Å². The van der Waals surface area contributed by atoms with E-state index in [9.17, 15) is 22.8 Å². The second-order valence-electron chi connectivity index (χ2n) is 8.73. The maximum atomic E-state index is 13.3. The SMILES string of the molecule is O=C([C@@H]1CCCN1c1nnc(N2CCCC2=O)s1)N1CCN(c2cccc(C(F)(F)F)c2)CC1. The first kappa shape index (κ1) is 22.9. The topological polar surface area (TPSA) is 72.9 Å². The number of rotatable bonds is 4. The van der Waals surface area contributed by atoms with Gasteiger partial charge in [0.1, 0.15) is 6.04 Å². The summed E-state index contributed by atoms with van der Waals surface area (Å²) in [6, 6.07) is 4.97. The van der Waals surface area contributed by atoms with Crippen LogP contribution in [0.3, 0.4) is 0 Å². The Morgan fingerprint density at radius 2 is 1.76 bits per heavy atom. The smallest absolute Gasteiger partial charge is 0.368 e. The van der Waals surface area contributed by atoms with Crippen LogP contribution in [0.1, 0.15) is 31.2 Å². The highest BCUT2D eigenvalue weighted by molar-refractivity contribution is 7.19. The zero-order valence-electron chi connectivity index (χ0n) is 18.5.